The number of amides is 1. The van der Waals surface area contributed by atoms with Crippen molar-refractivity contribution < 1.29 is 9.53 Å². The van der Waals surface area contributed by atoms with Gasteiger partial charge < -0.3 is 9.64 Å². The Labute approximate surface area is 147 Å². The fourth-order valence-electron chi connectivity index (χ4n) is 4.72. The first-order valence-electron chi connectivity index (χ1n) is 9.00. The number of carbonyl (C=O) groups is 1. The molecule has 3 nitrogen and oxygen atoms in total. The van der Waals surface area contributed by atoms with Gasteiger partial charge in [0.05, 0.1) is 6.54 Å². The van der Waals surface area contributed by atoms with E-state index in [1.807, 2.05) is 4.90 Å². The van der Waals surface area contributed by atoms with Gasteiger partial charge in [-0.15, -0.1) is 0 Å². The van der Waals surface area contributed by atoms with Crippen LogP contribution in [0.25, 0.3) is 12.2 Å². The van der Waals surface area contributed by atoms with Gasteiger partial charge in [-0.1, -0.05) is 60.7 Å². The first-order chi connectivity index (χ1) is 12.1. The number of piperidine rings is 1. The van der Waals surface area contributed by atoms with Gasteiger partial charge in [0.1, 0.15) is 11.3 Å². The summed E-state index contributed by atoms with van der Waals surface area (Å²) in [5.74, 6) is 0.206. The van der Waals surface area contributed by atoms with E-state index in [-0.39, 0.29) is 5.91 Å². The molecule has 1 atom stereocenters. The van der Waals surface area contributed by atoms with Crippen LogP contribution in [0.5, 0.6) is 0 Å². The van der Waals surface area contributed by atoms with Crippen LogP contribution in [0.2, 0.25) is 0 Å². The zero-order valence-corrected chi connectivity index (χ0v) is 14.4. The van der Waals surface area contributed by atoms with Crippen LogP contribution in [0.4, 0.5) is 0 Å². The first-order valence-corrected chi connectivity index (χ1v) is 9.00. The Morgan fingerprint density at radius 1 is 0.960 bits per heavy atom. The Morgan fingerprint density at radius 3 is 2.16 bits per heavy atom. The third-order valence-electron chi connectivity index (χ3n) is 5.91. The van der Waals surface area contributed by atoms with Gasteiger partial charge in [-0.05, 0) is 42.0 Å². The van der Waals surface area contributed by atoms with Gasteiger partial charge in [-0.2, -0.15) is 0 Å². The average Bonchev–Trinajstić information content (AvgIpc) is 2.89. The van der Waals surface area contributed by atoms with E-state index in [4.69, 9.17) is 4.74 Å². The third kappa shape index (κ3) is 1.99. The highest BCUT2D eigenvalue weighted by atomic mass is 16.6. The lowest BCUT2D eigenvalue weighted by Crippen LogP contribution is -2.48. The van der Waals surface area contributed by atoms with Crippen molar-refractivity contribution in [1.82, 2.24) is 4.90 Å². The molecule has 3 heteroatoms. The van der Waals surface area contributed by atoms with E-state index in [1.54, 1.807) is 0 Å². The molecule has 2 aromatic rings. The summed E-state index contributed by atoms with van der Waals surface area (Å²) < 4.78 is 6.85. The van der Waals surface area contributed by atoms with Crippen molar-refractivity contribution >= 4 is 18.1 Å². The number of nitrogens with zero attached hydrogens (tertiary/aromatic N) is 1. The number of ether oxygens (including phenoxy) is 1. The second-order valence-corrected chi connectivity index (χ2v) is 7.45. The highest BCUT2D eigenvalue weighted by molar-refractivity contribution is 5.80. The smallest absolute Gasteiger partial charge is 0.224 e. The first kappa shape index (κ1) is 14.9. The normalized spacial score (nSPS) is 26.1. The van der Waals surface area contributed by atoms with Crippen LogP contribution in [0, 0.1) is 0 Å². The molecule has 2 heterocycles. The lowest BCUT2D eigenvalue weighted by atomic mass is 9.83. The summed E-state index contributed by atoms with van der Waals surface area (Å²) in [5, 5.41) is 0. The molecule has 0 bridgehead atoms. The van der Waals surface area contributed by atoms with E-state index in [0.29, 0.717) is 13.0 Å². The zero-order valence-electron chi connectivity index (χ0n) is 14.4. The molecule has 1 amide bonds. The van der Waals surface area contributed by atoms with Gasteiger partial charge in [0.2, 0.25) is 5.91 Å². The summed E-state index contributed by atoms with van der Waals surface area (Å²) in [6.07, 6.45) is 6.72. The Morgan fingerprint density at radius 2 is 1.56 bits per heavy atom. The van der Waals surface area contributed by atoms with E-state index in [2.05, 4.69) is 67.6 Å². The van der Waals surface area contributed by atoms with Crippen LogP contribution in [0.15, 0.2) is 48.5 Å². The second-order valence-electron chi connectivity index (χ2n) is 7.45. The topological polar surface area (TPSA) is 29.5 Å². The Balaban J connectivity index is 1.78. The highest BCUT2D eigenvalue weighted by Crippen LogP contribution is 2.51. The SMILES string of the molecule is CC12CCCC(=O)N1CC1(O2)c2ccccc2C=Cc2ccccc21. The summed E-state index contributed by atoms with van der Waals surface area (Å²) in [7, 11) is 0. The summed E-state index contributed by atoms with van der Waals surface area (Å²) in [6.45, 7) is 2.65. The number of benzene rings is 2. The third-order valence-corrected chi connectivity index (χ3v) is 5.91. The summed E-state index contributed by atoms with van der Waals surface area (Å²) in [6, 6.07) is 16.8. The van der Waals surface area contributed by atoms with Crippen LogP contribution in [-0.2, 0) is 15.1 Å². The molecule has 2 aromatic carbocycles. The van der Waals surface area contributed by atoms with E-state index in [0.717, 1.165) is 35.1 Å². The Hall–Kier alpha value is -2.39. The van der Waals surface area contributed by atoms with Crippen molar-refractivity contribution in [2.75, 3.05) is 6.54 Å². The van der Waals surface area contributed by atoms with Gasteiger partial charge in [0, 0.05) is 6.42 Å². The van der Waals surface area contributed by atoms with E-state index < -0.39 is 11.3 Å². The van der Waals surface area contributed by atoms with Crippen molar-refractivity contribution in [3.8, 4) is 0 Å². The monoisotopic (exact) mass is 331 g/mol. The van der Waals surface area contributed by atoms with Crippen molar-refractivity contribution in [3.63, 3.8) is 0 Å². The van der Waals surface area contributed by atoms with Gasteiger partial charge in [-0.3, -0.25) is 4.79 Å². The molecule has 1 spiro atoms. The molecule has 5 rings (SSSR count). The van der Waals surface area contributed by atoms with E-state index >= 15 is 0 Å². The molecule has 2 saturated heterocycles. The zero-order chi connectivity index (χ0) is 17.1. The van der Waals surface area contributed by atoms with Crippen molar-refractivity contribution in [3.05, 3.63) is 70.8 Å². The van der Waals surface area contributed by atoms with Crippen molar-refractivity contribution in [1.29, 1.82) is 0 Å². The standard InChI is InChI=1S/C22H21NO2/c1-21-14-6-11-20(24)23(21)15-22(25-21)18-9-4-2-7-16(18)12-13-17-8-3-5-10-19(17)22/h2-5,7-10,12-13H,6,11,14-15H2,1H3. The molecule has 0 aromatic heterocycles. The molecule has 25 heavy (non-hydrogen) atoms. The van der Waals surface area contributed by atoms with Crippen LogP contribution < -0.4 is 0 Å². The van der Waals surface area contributed by atoms with E-state index in [1.165, 1.54) is 0 Å². The maximum Gasteiger partial charge on any atom is 0.224 e. The lowest BCUT2D eigenvalue weighted by molar-refractivity contribution is -0.163. The quantitative estimate of drug-likeness (QED) is 0.725. The number of hydrogen-bond acceptors (Lipinski definition) is 2. The Kier molecular flexibility index (Phi) is 3.02. The second kappa shape index (κ2) is 5.06. The minimum absolute atomic E-state index is 0.206. The number of carbonyl (C=O) groups excluding carboxylic acids is 1. The largest absolute Gasteiger partial charge is 0.338 e. The van der Waals surface area contributed by atoms with Gasteiger partial charge >= 0.3 is 0 Å². The molecular weight excluding hydrogens is 310 g/mol. The van der Waals surface area contributed by atoms with Crippen LogP contribution >= 0.6 is 0 Å². The predicted molar refractivity (Wildman–Crippen MR) is 97.6 cm³/mol. The van der Waals surface area contributed by atoms with Crippen LogP contribution in [0.1, 0.15) is 48.4 Å². The molecule has 3 aliphatic rings. The molecular formula is C22H21NO2. The molecule has 0 radical (unpaired) electrons. The fraction of sp³-hybridized carbons (Fsp3) is 0.318. The van der Waals surface area contributed by atoms with Crippen LogP contribution in [0.3, 0.4) is 0 Å². The summed E-state index contributed by atoms with van der Waals surface area (Å²) in [4.78, 5) is 14.6. The number of rotatable bonds is 0. The number of hydrogen-bond donors (Lipinski definition) is 0. The average molecular weight is 331 g/mol. The molecule has 2 aliphatic heterocycles. The lowest BCUT2D eigenvalue weighted by Gasteiger charge is -2.38. The molecule has 0 saturated carbocycles. The maximum atomic E-state index is 12.6. The Bertz CT molecular complexity index is 851. The van der Waals surface area contributed by atoms with Crippen molar-refractivity contribution in [2.24, 2.45) is 0 Å². The predicted octanol–water partition coefficient (Wildman–Crippen LogP) is 4.17. The highest BCUT2D eigenvalue weighted by Gasteiger charge is 2.57. The van der Waals surface area contributed by atoms with Crippen LogP contribution in [-0.4, -0.2) is 23.1 Å². The summed E-state index contributed by atoms with van der Waals surface area (Å²) in [5.41, 5.74) is 3.49. The minimum Gasteiger partial charge on any atom is -0.338 e. The molecule has 1 aliphatic carbocycles. The van der Waals surface area contributed by atoms with Crippen molar-refractivity contribution in [2.45, 2.75) is 37.5 Å². The van der Waals surface area contributed by atoms with Gasteiger partial charge in [-0.25, -0.2) is 0 Å². The molecule has 126 valence electrons. The molecule has 0 N–H and O–H groups in total. The molecule has 1 unspecified atom stereocenters. The maximum absolute atomic E-state index is 12.6. The summed E-state index contributed by atoms with van der Waals surface area (Å²) >= 11 is 0. The fourth-order valence-corrected chi connectivity index (χ4v) is 4.72. The van der Waals surface area contributed by atoms with E-state index in [9.17, 15) is 4.79 Å². The minimum atomic E-state index is -0.606. The van der Waals surface area contributed by atoms with Gasteiger partial charge in [0.25, 0.3) is 0 Å². The molecule has 2 fully saturated rings. The van der Waals surface area contributed by atoms with Gasteiger partial charge in [0.15, 0.2) is 0 Å². The number of fused-ring (bicyclic) bond motifs is 5.